The zero-order chi connectivity index (χ0) is 10.5. The van der Waals surface area contributed by atoms with Gasteiger partial charge >= 0.3 is 0 Å². The monoisotopic (exact) mass is 213 g/mol. The van der Waals surface area contributed by atoms with E-state index in [-0.39, 0.29) is 0 Å². The molecular weight excluding hydrogens is 206 g/mol. The summed E-state index contributed by atoms with van der Waals surface area (Å²) >= 11 is 1.48. The van der Waals surface area contributed by atoms with Crippen molar-refractivity contribution >= 4 is 11.8 Å². The molecule has 3 nitrogen and oxygen atoms in total. The fourth-order valence-electron chi connectivity index (χ4n) is 1.02. The van der Waals surface area contributed by atoms with Crippen molar-refractivity contribution in [3.8, 4) is 6.07 Å². The van der Waals surface area contributed by atoms with E-state index in [9.17, 15) is 0 Å². The summed E-state index contributed by atoms with van der Waals surface area (Å²) in [5.74, 6) is 0. The fraction of sp³-hybridized carbons (Fsp3) is 0. The van der Waals surface area contributed by atoms with Crippen LogP contribution in [0, 0.1) is 11.3 Å². The third-order valence-electron chi connectivity index (χ3n) is 1.71. The SMILES string of the molecule is N#Cc1ccc(Sc2ccccn2)nc1. The van der Waals surface area contributed by atoms with Gasteiger partial charge in [-0.1, -0.05) is 17.8 Å². The maximum absolute atomic E-state index is 8.61. The van der Waals surface area contributed by atoms with E-state index in [0.717, 1.165) is 10.1 Å². The van der Waals surface area contributed by atoms with Crippen molar-refractivity contribution in [2.75, 3.05) is 0 Å². The van der Waals surface area contributed by atoms with Gasteiger partial charge in [0.05, 0.1) is 5.56 Å². The van der Waals surface area contributed by atoms with Crippen LogP contribution in [0.2, 0.25) is 0 Å². The Morgan fingerprint density at radius 3 is 2.53 bits per heavy atom. The van der Waals surface area contributed by atoms with E-state index in [4.69, 9.17) is 5.26 Å². The molecule has 72 valence electrons. The molecule has 0 bridgehead atoms. The van der Waals surface area contributed by atoms with Gasteiger partial charge in [-0.05, 0) is 24.3 Å². The highest BCUT2D eigenvalue weighted by Gasteiger charge is 1.99. The number of nitrogens with zero attached hydrogens (tertiary/aromatic N) is 3. The number of hydrogen-bond donors (Lipinski definition) is 0. The number of aromatic nitrogens is 2. The molecule has 0 unspecified atom stereocenters. The predicted molar refractivity (Wildman–Crippen MR) is 57.3 cm³/mol. The Balaban J connectivity index is 2.16. The van der Waals surface area contributed by atoms with Gasteiger partial charge in [-0.15, -0.1) is 0 Å². The van der Waals surface area contributed by atoms with Crippen LogP contribution >= 0.6 is 11.8 Å². The molecule has 0 atom stereocenters. The second kappa shape index (κ2) is 4.58. The molecule has 2 heterocycles. The Bertz CT molecular complexity index is 473. The summed E-state index contributed by atoms with van der Waals surface area (Å²) in [5.41, 5.74) is 0.570. The molecule has 2 aromatic rings. The first-order valence-electron chi connectivity index (χ1n) is 4.33. The summed E-state index contributed by atoms with van der Waals surface area (Å²) in [7, 11) is 0. The van der Waals surface area contributed by atoms with Gasteiger partial charge in [-0.25, -0.2) is 9.97 Å². The number of hydrogen-bond acceptors (Lipinski definition) is 4. The first kappa shape index (κ1) is 9.69. The minimum absolute atomic E-state index is 0.570. The van der Waals surface area contributed by atoms with Gasteiger partial charge in [-0.3, -0.25) is 0 Å². The van der Waals surface area contributed by atoms with E-state index < -0.39 is 0 Å². The predicted octanol–water partition coefficient (Wildman–Crippen LogP) is 2.50. The molecule has 0 fully saturated rings. The van der Waals surface area contributed by atoms with Crippen molar-refractivity contribution in [3.05, 3.63) is 48.3 Å². The van der Waals surface area contributed by atoms with Gasteiger partial charge in [0.15, 0.2) is 0 Å². The van der Waals surface area contributed by atoms with Crippen LogP contribution in [0.15, 0.2) is 52.8 Å². The van der Waals surface area contributed by atoms with E-state index in [1.165, 1.54) is 11.8 Å². The van der Waals surface area contributed by atoms with Gasteiger partial charge in [0, 0.05) is 12.4 Å². The normalized spacial score (nSPS) is 9.53. The fourth-order valence-corrected chi connectivity index (χ4v) is 1.74. The van der Waals surface area contributed by atoms with Crippen molar-refractivity contribution in [2.45, 2.75) is 10.1 Å². The van der Waals surface area contributed by atoms with Crippen molar-refractivity contribution < 1.29 is 0 Å². The highest BCUT2D eigenvalue weighted by atomic mass is 32.2. The lowest BCUT2D eigenvalue weighted by Crippen LogP contribution is -1.83. The van der Waals surface area contributed by atoms with Gasteiger partial charge in [0.1, 0.15) is 16.1 Å². The molecule has 4 heteroatoms. The molecule has 2 rings (SSSR count). The van der Waals surface area contributed by atoms with E-state index >= 15 is 0 Å². The van der Waals surface area contributed by atoms with Crippen LogP contribution in [0.1, 0.15) is 5.56 Å². The minimum atomic E-state index is 0.570. The largest absolute Gasteiger partial charge is 0.250 e. The van der Waals surface area contributed by atoms with Crippen LogP contribution < -0.4 is 0 Å². The highest BCUT2D eigenvalue weighted by Crippen LogP contribution is 2.23. The summed E-state index contributed by atoms with van der Waals surface area (Å²) in [6.07, 6.45) is 3.30. The highest BCUT2D eigenvalue weighted by molar-refractivity contribution is 7.99. The van der Waals surface area contributed by atoms with E-state index in [0.29, 0.717) is 5.56 Å². The maximum Gasteiger partial charge on any atom is 0.102 e. The smallest absolute Gasteiger partial charge is 0.102 e. The summed E-state index contributed by atoms with van der Waals surface area (Å²) in [4.78, 5) is 8.32. The van der Waals surface area contributed by atoms with Crippen LogP contribution in [0.5, 0.6) is 0 Å². The number of nitriles is 1. The second-order valence-electron chi connectivity index (χ2n) is 2.77. The van der Waals surface area contributed by atoms with E-state index in [1.54, 1.807) is 18.5 Å². The Morgan fingerprint density at radius 1 is 1.07 bits per heavy atom. The number of pyridine rings is 2. The van der Waals surface area contributed by atoms with Gasteiger partial charge in [0.25, 0.3) is 0 Å². The van der Waals surface area contributed by atoms with Gasteiger partial charge < -0.3 is 0 Å². The zero-order valence-electron chi connectivity index (χ0n) is 7.79. The van der Waals surface area contributed by atoms with Gasteiger partial charge in [-0.2, -0.15) is 5.26 Å². The molecule has 0 saturated carbocycles. The lowest BCUT2D eigenvalue weighted by molar-refractivity contribution is 1.09. The van der Waals surface area contributed by atoms with E-state index in [1.807, 2.05) is 30.3 Å². The minimum Gasteiger partial charge on any atom is -0.250 e. The Morgan fingerprint density at radius 2 is 1.93 bits per heavy atom. The average molecular weight is 213 g/mol. The summed E-state index contributed by atoms with van der Waals surface area (Å²) < 4.78 is 0. The molecule has 0 aliphatic heterocycles. The van der Waals surface area contributed by atoms with Gasteiger partial charge in [0.2, 0.25) is 0 Å². The van der Waals surface area contributed by atoms with E-state index in [2.05, 4.69) is 9.97 Å². The Kier molecular flexibility index (Phi) is 2.96. The standard InChI is InChI=1S/C11H7N3S/c12-7-9-4-5-11(14-8-9)15-10-3-1-2-6-13-10/h1-6,8H. The zero-order valence-corrected chi connectivity index (χ0v) is 8.61. The molecule has 0 aliphatic rings. The Hall–Kier alpha value is -1.86. The average Bonchev–Trinajstić information content (AvgIpc) is 2.31. The Labute approximate surface area is 91.8 Å². The van der Waals surface area contributed by atoms with Crippen LogP contribution in [0.25, 0.3) is 0 Å². The molecule has 0 radical (unpaired) electrons. The van der Waals surface area contributed by atoms with Crippen LogP contribution in [0.3, 0.4) is 0 Å². The van der Waals surface area contributed by atoms with Crippen molar-refractivity contribution in [2.24, 2.45) is 0 Å². The number of rotatable bonds is 2. The molecule has 0 saturated heterocycles. The van der Waals surface area contributed by atoms with Crippen molar-refractivity contribution in [1.82, 2.24) is 9.97 Å². The maximum atomic E-state index is 8.61. The van der Waals surface area contributed by atoms with Crippen LogP contribution in [-0.2, 0) is 0 Å². The summed E-state index contributed by atoms with van der Waals surface area (Å²) in [6, 6.07) is 11.3. The first-order chi connectivity index (χ1) is 7.38. The lowest BCUT2D eigenvalue weighted by Gasteiger charge is -1.98. The summed E-state index contributed by atoms with van der Waals surface area (Å²) in [6.45, 7) is 0. The third-order valence-corrected chi connectivity index (χ3v) is 2.61. The topological polar surface area (TPSA) is 49.6 Å². The van der Waals surface area contributed by atoms with Crippen LogP contribution in [-0.4, -0.2) is 9.97 Å². The van der Waals surface area contributed by atoms with Crippen molar-refractivity contribution in [1.29, 1.82) is 5.26 Å². The molecule has 15 heavy (non-hydrogen) atoms. The van der Waals surface area contributed by atoms with Crippen LogP contribution in [0.4, 0.5) is 0 Å². The first-order valence-corrected chi connectivity index (χ1v) is 5.15. The molecule has 0 spiro atoms. The molecule has 0 aliphatic carbocycles. The molecule has 0 aromatic carbocycles. The lowest BCUT2D eigenvalue weighted by atomic mass is 10.3. The second-order valence-corrected chi connectivity index (χ2v) is 3.81. The molecule has 2 aromatic heterocycles. The molecule has 0 amide bonds. The molecular formula is C11H7N3S. The van der Waals surface area contributed by atoms with Crippen molar-refractivity contribution in [3.63, 3.8) is 0 Å². The summed E-state index contributed by atoms with van der Waals surface area (Å²) in [5, 5.41) is 10.3. The third kappa shape index (κ3) is 2.55. The quantitative estimate of drug-likeness (QED) is 0.769. The molecule has 0 N–H and O–H groups in total.